The number of anilines is 1. The van der Waals surface area contributed by atoms with Crippen LogP contribution in [0, 0.1) is 0 Å². The highest BCUT2D eigenvalue weighted by atomic mass is 32.2. The van der Waals surface area contributed by atoms with Crippen LogP contribution in [0.2, 0.25) is 0 Å². The van der Waals surface area contributed by atoms with Gasteiger partial charge >= 0.3 is 0 Å². The fourth-order valence-electron chi connectivity index (χ4n) is 2.58. The van der Waals surface area contributed by atoms with E-state index in [0.717, 1.165) is 18.2 Å². The van der Waals surface area contributed by atoms with E-state index in [0.29, 0.717) is 30.8 Å². The lowest BCUT2D eigenvalue weighted by Gasteiger charge is -2.16. The van der Waals surface area contributed by atoms with Gasteiger partial charge in [-0.2, -0.15) is 4.72 Å². The highest BCUT2D eigenvalue weighted by Crippen LogP contribution is 2.24. The zero-order chi connectivity index (χ0) is 15.7. The van der Waals surface area contributed by atoms with E-state index >= 15 is 0 Å². The standard InChI is InChI=1S/C14H16N2O4S2/c17-13-2-1-8-16(13)10-3-5-11(6-4-10)22(19,20)15-12-7-9-21-14(12)18/h3-6,12,15H,1-2,7-9H2. The third-order valence-electron chi connectivity index (χ3n) is 3.76. The Hall–Kier alpha value is -1.38. The van der Waals surface area contributed by atoms with E-state index in [2.05, 4.69) is 4.72 Å². The Morgan fingerprint density at radius 3 is 2.45 bits per heavy atom. The van der Waals surface area contributed by atoms with E-state index in [1.807, 2.05) is 0 Å². The summed E-state index contributed by atoms with van der Waals surface area (Å²) in [5.41, 5.74) is 0.703. The zero-order valence-electron chi connectivity index (χ0n) is 11.8. The molecule has 0 saturated carbocycles. The Labute approximate surface area is 133 Å². The Bertz CT molecular complexity index is 700. The molecule has 2 aliphatic heterocycles. The van der Waals surface area contributed by atoms with Crippen molar-refractivity contribution < 1.29 is 18.0 Å². The first-order chi connectivity index (χ1) is 10.5. The minimum Gasteiger partial charge on any atom is -0.312 e. The fourth-order valence-corrected chi connectivity index (χ4v) is 4.82. The van der Waals surface area contributed by atoms with E-state index in [4.69, 9.17) is 0 Å². The van der Waals surface area contributed by atoms with Crippen molar-refractivity contribution in [2.75, 3.05) is 17.2 Å². The lowest BCUT2D eigenvalue weighted by molar-refractivity contribution is -0.117. The van der Waals surface area contributed by atoms with E-state index in [9.17, 15) is 18.0 Å². The molecule has 6 nitrogen and oxygen atoms in total. The molecule has 1 amide bonds. The van der Waals surface area contributed by atoms with Gasteiger partial charge in [-0.15, -0.1) is 0 Å². The molecule has 1 aromatic carbocycles. The Morgan fingerprint density at radius 1 is 1.18 bits per heavy atom. The molecule has 1 aromatic rings. The van der Waals surface area contributed by atoms with Gasteiger partial charge in [0.1, 0.15) is 0 Å². The molecule has 3 rings (SSSR count). The van der Waals surface area contributed by atoms with Crippen LogP contribution in [-0.2, 0) is 19.6 Å². The first-order valence-corrected chi connectivity index (χ1v) is 9.54. The summed E-state index contributed by atoms with van der Waals surface area (Å²) in [4.78, 5) is 25.0. The summed E-state index contributed by atoms with van der Waals surface area (Å²) in [5.74, 6) is 0.699. The van der Waals surface area contributed by atoms with Crippen molar-refractivity contribution in [3.05, 3.63) is 24.3 Å². The van der Waals surface area contributed by atoms with Crippen molar-refractivity contribution in [1.82, 2.24) is 4.72 Å². The van der Waals surface area contributed by atoms with Crippen LogP contribution in [0.1, 0.15) is 19.3 Å². The molecule has 1 N–H and O–H groups in total. The van der Waals surface area contributed by atoms with Gasteiger partial charge in [0, 0.05) is 24.4 Å². The molecule has 118 valence electrons. The minimum atomic E-state index is -3.72. The molecule has 2 saturated heterocycles. The SMILES string of the molecule is O=C1SCCC1NS(=O)(=O)c1ccc(N2CCCC2=O)cc1. The van der Waals surface area contributed by atoms with Gasteiger partial charge in [0.15, 0.2) is 0 Å². The highest BCUT2D eigenvalue weighted by molar-refractivity contribution is 8.14. The number of hydrogen-bond acceptors (Lipinski definition) is 5. The average molecular weight is 340 g/mol. The first-order valence-electron chi connectivity index (χ1n) is 7.07. The van der Waals surface area contributed by atoms with Gasteiger partial charge in [-0.25, -0.2) is 8.42 Å². The highest BCUT2D eigenvalue weighted by Gasteiger charge is 2.30. The maximum Gasteiger partial charge on any atom is 0.241 e. The molecule has 22 heavy (non-hydrogen) atoms. The number of benzene rings is 1. The van der Waals surface area contributed by atoms with E-state index < -0.39 is 16.1 Å². The number of rotatable bonds is 4. The summed E-state index contributed by atoms with van der Waals surface area (Å²) < 4.78 is 27.0. The number of nitrogens with one attached hydrogen (secondary N) is 1. The molecular formula is C14H16N2O4S2. The van der Waals surface area contributed by atoms with Crippen molar-refractivity contribution in [2.45, 2.75) is 30.2 Å². The maximum atomic E-state index is 12.3. The zero-order valence-corrected chi connectivity index (χ0v) is 13.5. The summed E-state index contributed by atoms with van der Waals surface area (Å²) in [6.45, 7) is 0.664. The minimum absolute atomic E-state index is 0.0577. The monoisotopic (exact) mass is 340 g/mol. The lowest BCUT2D eigenvalue weighted by atomic mass is 10.3. The molecule has 8 heteroatoms. The topological polar surface area (TPSA) is 83.6 Å². The number of carbonyl (C=O) groups is 2. The van der Waals surface area contributed by atoms with Gasteiger partial charge < -0.3 is 4.90 Å². The number of amides is 1. The summed E-state index contributed by atoms with van der Waals surface area (Å²) in [5, 5.41) is -0.136. The van der Waals surface area contributed by atoms with Crippen molar-refractivity contribution in [3.63, 3.8) is 0 Å². The van der Waals surface area contributed by atoms with Gasteiger partial charge in [-0.3, -0.25) is 9.59 Å². The largest absolute Gasteiger partial charge is 0.312 e. The molecule has 1 unspecified atom stereocenters. The Balaban J connectivity index is 1.76. The number of sulfonamides is 1. The molecule has 0 radical (unpaired) electrons. The van der Waals surface area contributed by atoms with Crippen LogP contribution in [0.3, 0.4) is 0 Å². The molecule has 1 atom stereocenters. The van der Waals surface area contributed by atoms with Crippen LogP contribution in [-0.4, -0.2) is 37.8 Å². The molecule has 2 heterocycles. The van der Waals surface area contributed by atoms with Crippen molar-refractivity contribution in [1.29, 1.82) is 0 Å². The van der Waals surface area contributed by atoms with Crippen molar-refractivity contribution >= 4 is 38.5 Å². The third kappa shape index (κ3) is 3.04. The van der Waals surface area contributed by atoms with Crippen LogP contribution in [0.4, 0.5) is 5.69 Å². The molecule has 2 aliphatic rings. The summed E-state index contributed by atoms with van der Waals surface area (Å²) in [6, 6.07) is 5.55. The molecule has 0 aromatic heterocycles. The summed E-state index contributed by atoms with van der Waals surface area (Å²) >= 11 is 1.15. The molecular weight excluding hydrogens is 324 g/mol. The van der Waals surface area contributed by atoms with Crippen LogP contribution in [0.15, 0.2) is 29.2 Å². The number of nitrogens with zero attached hydrogens (tertiary/aromatic N) is 1. The fraction of sp³-hybridized carbons (Fsp3) is 0.429. The van der Waals surface area contributed by atoms with E-state index in [-0.39, 0.29) is 15.9 Å². The summed E-state index contributed by atoms with van der Waals surface area (Å²) in [7, 11) is -3.72. The quantitative estimate of drug-likeness (QED) is 0.888. The molecule has 2 fully saturated rings. The second-order valence-electron chi connectivity index (χ2n) is 5.27. The van der Waals surface area contributed by atoms with Crippen molar-refractivity contribution in [3.8, 4) is 0 Å². The van der Waals surface area contributed by atoms with Crippen LogP contribution in [0.25, 0.3) is 0 Å². The van der Waals surface area contributed by atoms with Crippen LogP contribution < -0.4 is 9.62 Å². The van der Waals surface area contributed by atoms with E-state index in [1.165, 1.54) is 12.1 Å². The Kier molecular flexibility index (Phi) is 4.24. The van der Waals surface area contributed by atoms with Crippen LogP contribution in [0.5, 0.6) is 0 Å². The number of hydrogen-bond donors (Lipinski definition) is 1. The van der Waals surface area contributed by atoms with Crippen LogP contribution >= 0.6 is 11.8 Å². The molecule has 0 bridgehead atoms. The lowest BCUT2D eigenvalue weighted by Crippen LogP contribution is -2.37. The van der Waals surface area contributed by atoms with Gasteiger partial charge in [-0.05, 0) is 37.1 Å². The first kappa shape index (κ1) is 15.5. The second-order valence-corrected chi connectivity index (χ2v) is 8.09. The van der Waals surface area contributed by atoms with Crippen molar-refractivity contribution in [2.24, 2.45) is 0 Å². The molecule has 0 aliphatic carbocycles. The number of thioether (sulfide) groups is 1. The smallest absolute Gasteiger partial charge is 0.241 e. The van der Waals surface area contributed by atoms with Gasteiger partial charge in [0.05, 0.1) is 10.9 Å². The molecule has 0 spiro atoms. The van der Waals surface area contributed by atoms with E-state index in [1.54, 1.807) is 17.0 Å². The predicted molar refractivity (Wildman–Crippen MR) is 84.2 cm³/mol. The van der Waals surface area contributed by atoms with Gasteiger partial charge in [0.2, 0.25) is 21.0 Å². The second kappa shape index (κ2) is 6.02. The van der Waals surface area contributed by atoms with Gasteiger partial charge in [0.25, 0.3) is 0 Å². The van der Waals surface area contributed by atoms with Gasteiger partial charge in [-0.1, -0.05) is 11.8 Å². The maximum absolute atomic E-state index is 12.3. The number of carbonyl (C=O) groups excluding carboxylic acids is 2. The predicted octanol–water partition coefficient (Wildman–Crippen LogP) is 1.12. The third-order valence-corrected chi connectivity index (χ3v) is 6.26. The Morgan fingerprint density at radius 2 is 1.91 bits per heavy atom. The average Bonchev–Trinajstić information content (AvgIpc) is 3.08. The normalized spacial score (nSPS) is 22.5. The summed E-state index contributed by atoms with van der Waals surface area (Å²) in [6.07, 6.45) is 1.87.